The maximum atomic E-state index is 11.3. The summed E-state index contributed by atoms with van der Waals surface area (Å²) in [5.41, 5.74) is 3.79. The third-order valence-electron chi connectivity index (χ3n) is 2.61. The number of aliphatic imine (C=N–C) groups is 1. The Morgan fingerprint density at radius 2 is 2.00 bits per heavy atom. The van der Waals surface area contributed by atoms with Crippen molar-refractivity contribution >= 4 is 17.3 Å². The molecule has 0 spiro atoms. The van der Waals surface area contributed by atoms with Crippen LogP contribution >= 0.6 is 0 Å². The predicted molar refractivity (Wildman–Crippen MR) is 77.5 cm³/mol. The number of nitrogens with zero attached hydrogens (tertiary/aromatic N) is 2. The number of carbonyl (C=O) groups excluding carboxylic acids is 1. The van der Waals surface area contributed by atoms with Gasteiger partial charge in [-0.25, -0.2) is 0 Å². The van der Waals surface area contributed by atoms with Crippen molar-refractivity contribution in [3.63, 3.8) is 0 Å². The van der Waals surface area contributed by atoms with Gasteiger partial charge in [-0.1, -0.05) is 0 Å². The largest absolute Gasteiger partial charge is 0.325 e. The van der Waals surface area contributed by atoms with E-state index < -0.39 is 0 Å². The number of aryl methyl sites for hydroxylation is 1. The van der Waals surface area contributed by atoms with Crippen LogP contribution in [-0.2, 0) is 4.79 Å². The number of amides is 1. The van der Waals surface area contributed by atoms with Gasteiger partial charge in [0.2, 0.25) is 5.91 Å². The summed E-state index contributed by atoms with van der Waals surface area (Å²) in [7, 11) is 0. The number of benzene rings is 1. The molecule has 0 aliphatic heterocycles. The fraction of sp³-hybridized carbons (Fsp3) is 0.400. The highest BCUT2D eigenvalue weighted by atomic mass is 16.1. The lowest BCUT2D eigenvalue weighted by Crippen LogP contribution is -2.13. The van der Waals surface area contributed by atoms with Crippen LogP contribution in [0.4, 0.5) is 5.69 Å². The van der Waals surface area contributed by atoms with Crippen LogP contribution in [0.25, 0.3) is 0 Å². The van der Waals surface area contributed by atoms with E-state index in [2.05, 4.69) is 16.4 Å². The van der Waals surface area contributed by atoms with Crippen LogP contribution in [0, 0.1) is 18.3 Å². The maximum Gasteiger partial charge on any atom is 0.221 e. The minimum absolute atomic E-state index is 0.133. The van der Waals surface area contributed by atoms with Gasteiger partial charge in [-0.3, -0.25) is 9.79 Å². The van der Waals surface area contributed by atoms with Gasteiger partial charge in [0.1, 0.15) is 0 Å². The van der Waals surface area contributed by atoms with Crippen molar-refractivity contribution in [3.8, 4) is 6.07 Å². The summed E-state index contributed by atoms with van der Waals surface area (Å²) in [5.74, 6) is -0.133. The first-order valence-corrected chi connectivity index (χ1v) is 6.22. The number of anilines is 1. The van der Waals surface area contributed by atoms with Crippen LogP contribution in [-0.4, -0.2) is 17.7 Å². The zero-order chi connectivity index (χ0) is 14.6. The van der Waals surface area contributed by atoms with Crippen molar-refractivity contribution in [1.29, 1.82) is 5.26 Å². The zero-order valence-corrected chi connectivity index (χ0v) is 12.0. The first kappa shape index (κ1) is 14.9. The second-order valence-electron chi connectivity index (χ2n) is 4.82. The molecule has 1 aromatic carbocycles. The Kier molecular flexibility index (Phi) is 4.82. The number of nitrogens with one attached hydrogen (secondary N) is 1. The van der Waals surface area contributed by atoms with Gasteiger partial charge >= 0.3 is 0 Å². The molecule has 0 unspecified atom stereocenters. The summed E-state index contributed by atoms with van der Waals surface area (Å²) in [6, 6.07) is 5.82. The zero-order valence-electron chi connectivity index (χ0n) is 12.0. The number of hydrogen-bond donors (Lipinski definition) is 1. The molecule has 1 aromatic rings. The lowest BCUT2D eigenvalue weighted by molar-refractivity contribution is -0.114. The van der Waals surface area contributed by atoms with E-state index in [0.29, 0.717) is 5.56 Å². The van der Waals surface area contributed by atoms with E-state index in [0.717, 1.165) is 22.5 Å². The Bertz CT molecular complexity index is 565. The molecule has 1 rings (SSSR count). The average molecular weight is 257 g/mol. The van der Waals surface area contributed by atoms with E-state index in [1.54, 1.807) is 12.1 Å². The van der Waals surface area contributed by atoms with E-state index in [1.165, 1.54) is 6.92 Å². The molecule has 4 heteroatoms. The van der Waals surface area contributed by atoms with Gasteiger partial charge in [-0.15, -0.1) is 0 Å². The van der Waals surface area contributed by atoms with E-state index in [1.807, 2.05) is 27.7 Å². The Balaban J connectivity index is 3.45. The van der Waals surface area contributed by atoms with Gasteiger partial charge in [-0.05, 0) is 45.4 Å². The van der Waals surface area contributed by atoms with Crippen LogP contribution in [0.1, 0.15) is 44.4 Å². The fourth-order valence-corrected chi connectivity index (χ4v) is 1.94. The lowest BCUT2D eigenvalue weighted by Gasteiger charge is -2.14. The molecular formula is C15H19N3O. The molecule has 4 nitrogen and oxygen atoms in total. The van der Waals surface area contributed by atoms with Crippen LogP contribution in [0.3, 0.4) is 0 Å². The normalized spacial score (nSPS) is 11.3. The molecule has 0 saturated heterocycles. The minimum Gasteiger partial charge on any atom is -0.325 e. The van der Waals surface area contributed by atoms with Crippen molar-refractivity contribution in [2.24, 2.45) is 4.99 Å². The molecule has 0 fully saturated rings. The predicted octanol–water partition coefficient (Wildman–Crippen LogP) is 3.04. The van der Waals surface area contributed by atoms with E-state index in [4.69, 9.17) is 5.26 Å². The second kappa shape index (κ2) is 6.14. The average Bonchev–Trinajstić information content (AvgIpc) is 2.29. The molecule has 0 saturated carbocycles. The van der Waals surface area contributed by atoms with Crippen LogP contribution < -0.4 is 5.32 Å². The number of hydrogen-bond acceptors (Lipinski definition) is 3. The summed E-state index contributed by atoms with van der Waals surface area (Å²) >= 11 is 0. The van der Waals surface area contributed by atoms with Crippen LogP contribution in [0.2, 0.25) is 0 Å². The van der Waals surface area contributed by atoms with Crippen LogP contribution in [0.5, 0.6) is 0 Å². The first-order valence-electron chi connectivity index (χ1n) is 6.22. The van der Waals surface area contributed by atoms with Gasteiger partial charge in [0.05, 0.1) is 17.3 Å². The molecule has 0 bridgehead atoms. The highest BCUT2D eigenvalue weighted by Gasteiger charge is 2.12. The number of nitriles is 1. The molecule has 0 atom stereocenters. The lowest BCUT2D eigenvalue weighted by atomic mass is 10.0. The third-order valence-corrected chi connectivity index (χ3v) is 2.61. The monoisotopic (exact) mass is 257 g/mol. The number of rotatable bonds is 3. The van der Waals surface area contributed by atoms with Crippen molar-refractivity contribution in [2.75, 3.05) is 5.32 Å². The smallest absolute Gasteiger partial charge is 0.221 e. The molecule has 100 valence electrons. The third kappa shape index (κ3) is 3.92. The molecule has 19 heavy (non-hydrogen) atoms. The van der Waals surface area contributed by atoms with E-state index in [-0.39, 0.29) is 11.9 Å². The standard InChI is InChI=1S/C15H19N3O/c1-9(2)17-11(4)14-7-13(8-16)6-10(3)15(14)18-12(5)19/h6-7,9H,1-5H3,(H,18,19). The van der Waals surface area contributed by atoms with Gasteiger partial charge in [0, 0.05) is 24.2 Å². The van der Waals surface area contributed by atoms with Crippen molar-refractivity contribution in [2.45, 2.75) is 40.7 Å². The molecule has 0 heterocycles. The van der Waals surface area contributed by atoms with Gasteiger partial charge in [-0.2, -0.15) is 5.26 Å². The molecular weight excluding hydrogens is 238 g/mol. The minimum atomic E-state index is -0.133. The van der Waals surface area contributed by atoms with Crippen molar-refractivity contribution in [3.05, 3.63) is 28.8 Å². The Hall–Kier alpha value is -2.15. The topological polar surface area (TPSA) is 65.2 Å². The Morgan fingerprint density at radius 1 is 1.37 bits per heavy atom. The Labute approximate surface area is 114 Å². The van der Waals surface area contributed by atoms with Crippen molar-refractivity contribution < 1.29 is 4.79 Å². The molecule has 0 aliphatic rings. The van der Waals surface area contributed by atoms with E-state index >= 15 is 0 Å². The maximum absolute atomic E-state index is 11.3. The fourth-order valence-electron chi connectivity index (χ4n) is 1.94. The highest BCUT2D eigenvalue weighted by Crippen LogP contribution is 2.24. The second-order valence-corrected chi connectivity index (χ2v) is 4.82. The van der Waals surface area contributed by atoms with Gasteiger partial charge in [0.15, 0.2) is 0 Å². The van der Waals surface area contributed by atoms with Crippen molar-refractivity contribution in [1.82, 2.24) is 0 Å². The SMILES string of the molecule is CC(=O)Nc1c(C)cc(C#N)cc1C(C)=NC(C)C. The quantitative estimate of drug-likeness (QED) is 0.846. The first-order chi connectivity index (χ1) is 8.85. The number of carbonyl (C=O) groups is 1. The summed E-state index contributed by atoms with van der Waals surface area (Å²) in [6.07, 6.45) is 0. The summed E-state index contributed by atoms with van der Waals surface area (Å²) < 4.78 is 0. The molecule has 1 amide bonds. The summed E-state index contributed by atoms with van der Waals surface area (Å²) in [4.78, 5) is 15.8. The highest BCUT2D eigenvalue weighted by molar-refractivity contribution is 6.07. The molecule has 0 radical (unpaired) electrons. The molecule has 0 aliphatic carbocycles. The summed E-state index contributed by atoms with van der Waals surface area (Å²) in [6.45, 7) is 9.21. The van der Waals surface area contributed by atoms with Crippen LogP contribution in [0.15, 0.2) is 17.1 Å². The van der Waals surface area contributed by atoms with E-state index in [9.17, 15) is 4.79 Å². The molecule has 0 aromatic heterocycles. The van der Waals surface area contributed by atoms with Gasteiger partial charge in [0.25, 0.3) is 0 Å². The summed E-state index contributed by atoms with van der Waals surface area (Å²) in [5, 5.41) is 11.9. The van der Waals surface area contributed by atoms with Gasteiger partial charge < -0.3 is 5.32 Å². The Morgan fingerprint density at radius 3 is 2.47 bits per heavy atom. The molecule has 1 N–H and O–H groups in total.